The fraction of sp³-hybridized carbons (Fsp3) is 0.867. The summed E-state index contributed by atoms with van der Waals surface area (Å²) in [5, 5.41) is 2.77. The predicted octanol–water partition coefficient (Wildman–Crippen LogP) is 0.829. The normalized spacial score (nSPS) is 11.0. The van der Waals surface area contributed by atoms with Gasteiger partial charge in [-0.05, 0) is 0 Å². The molecule has 0 atom stereocenters. The van der Waals surface area contributed by atoms with Crippen molar-refractivity contribution >= 4 is 34.3 Å². The summed E-state index contributed by atoms with van der Waals surface area (Å²) in [5.74, 6) is 0.109. The summed E-state index contributed by atoms with van der Waals surface area (Å²) in [6.07, 6.45) is 0. The van der Waals surface area contributed by atoms with Crippen molar-refractivity contribution in [3.05, 3.63) is 0 Å². The Bertz CT molecular complexity index is 314. The van der Waals surface area contributed by atoms with E-state index in [0.29, 0.717) is 57.2 Å². The van der Waals surface area contributed by atoms with Crippen LogP contribution >= 0.6 is 22.6 Å². The van der Waals surface area contributed by atoms with Crippen LogP contribution in [0.25, 0.3) is 0 Å². The molecule has 0 aliphatic heterocycles. The van der Waals surface area contributed by atoms with Gasteiger partial charge in [-0.25, -0.2) is 0 Å². The third-order valence-electron chi connectivity index (χ3n) is 2.60. The molecule has 0 aromatic carbocycles. The Kier molecular flexibility index (Phi) is 16.4. The molecule has 0 spiro atoms. The summed E-state index contributed by atoms with van der Waals surface area (Å²) < 4.78 is 21.5. The van der Waals surface area contributed by atoms with E-state index < -0.39 is 0 Å². The third kappa shape index (κ3) is 16.4. The summed E-state index contributed by atoms with van der Waals surface area (Å²) in [7, 11) is 0. The van der Waals surface area contributed by atoms with Gasteiger partial charge in [0.25, 0.3) is 0 Å². The topological polar surface area (TPSA) is 83.1 Å². The highest BCUT2D eigenvalue weighted by atomic mass is 127. The van der Waals surface area contributed by atoms with Gasteiger partial charge in [-0.1, -0.05) is 36.4 Å². The Morgan fingerprint density at radius 2 is 1.35 bits per heavy atom. The number of ether oxygens (including phenoxy) is 4. The average Bonchev–Trinajstić information content (AvgIpc) is 2.54. The summed E-state index contributed by atoms with van der Waals surface area (Å²) in [5.41, 5.74) is 0. The molecule has 0 aliphatic rings. The molecule has 0 heterocycles. The second kappa shape index (κ2) is 16.6. The van der Waals surface area contributed by atoms with E-state index in [1.54, 1.807) is 0 Å². The number of amides is 1. The van der Waals surface area contributed by atoms with E-state index in [-0.39, 0.29) is 24.2 Å². The molecule has 0 bridgehead atoms. The standard InChI is InChI=1S/C15H28INO6/c1-13(2)15(19)17-3-4-20-5-6-21-7-8-22-9-10-23-12-14(18)11-16/h13H,3-12H2,1-2H3,(H,17,19). The van der Waals surface area contributed by atoms with E-state index in [4.69, 9.17) is 18.9 Å². The van der Waals surface area contributed by atoms with Crippen LogP contribution in [0.5, 0.6) is 0 Å². The van der Waals surface area contributed by atoms with Gasteiger partial charge < -0.3 is 24.3 Å². The first kappa shape index (κ1) is 22.7. The summed E-state index contributed by atoms with van der Waals surface area (Å²) >= 11 is 2.01. The molecule has 0 aromatic rings. The van der Waals surface area contributed by atoms with E-state index in [1.165, 1.54) is 0 Å². The molecule has 0 fully saturated rings. The SMILES string of the molecule is CC(C)C(=O)NCCOCCOCCOCCOCC(=O)CI. The molecule has 0 saturated carbocycles. The molecule has 0 radical (unpaired) electrons. The van der Waals surface area contributed by atoms with Crippen LogP contribution in [0.1, 0.15) is 13.8 Å². The van der Waals surface area contributed by atoms with Gasteiger partial charge in [-0.3, -0.25) is 9.59 Å². The minimum atomic E-state index is -0.00416. The number of nitrogens with one attached hydrogen (secondary N) is 1. The lowest BCUT2D eigenvalue weighted by Gasteiger charge is -2.09. The zero-order valence-electron chi connectivity index (χ0n) is 14.0. The lowest BCUT2D eigenvalue weighted by atomic mass is 10.2. The summed E-state index contributed by atoms with van der Waals surface area (Å²) in [6.45, 7) is 7.64. The largest absolute Gasteiger partial charge is 0.377 e. The molecule has 136 valence electrons. The molecule has 23 heavy (non-hydrogen) atoms. The maximum Gasteiger partial charge on any atom is 0.222 e. The highest BCUT2D eigenvalue weighted by Crippen LogP contribution is 1.89. The Balaban J connectivity index is 3.11. The van der Waals surface area contributed by atoms with Gasteiger partial charge in [-0.15, -0.1) is 0 Å². The molecule has 0 unspecified atom stereocenters. The second-order valence-electron chi connectivity index (χ2n) is 5.01. The molecular weight excluding hydrogens is 417 g/mol. The number of hydrogen-bond acceptors (Lipinski definition) is 6. The quantitative estimate of drug-likeness (QED) is 0.215. The zero-order valence-corrected chi connectivity index (χ0v) is 16.1. The number of alkyl halides is 1. The third-order valence-corrected chi connectivity index (χ3v) is 3.45. The number of Topliss-reactive ketones (excluding diaryl/α,β-unsaturated/α-hetero) is 1. The molecular formula is C15H28INO6. The predicted molar refractivity (Wildman–Crippen MR) is 95.0 cm³/mol. The molecule has 0 aliphatic carbocycles. The van der Waals surface area contributed by atoms with E-state index in [9.17, 15) is 9.59 Å². The van der Waals surface area contributed by atoms with Gasteiger partial charge in [0, 0.05) is 12.5 Å². The van der Waals surface area contributed by atoms with Crippen LogP contribution < -0.4 is 5.32 Å². The van der Waals surface area contributed by atoms with E-state index in [0.717, 1.165) is 0 Å². The molecule has 0 aromatic heterocycles. The van der Waals surface area contributed by atoms with Gasteiger partial charge in [0.1, 0.15) is 6.61 Å². The van der Waals surface area contributed by atoms with Crippen molar-refractivity contribution in [1.29, 1.82) is 0 Å². The van der Waals surface area contributed by atoms with Crippen molar-refractivity contribution in [2.45, 2.75) is 13.8 Å². The summed E-state index contributed by atoms with van der Waals surface area (Å²) in [4.78, 5) is 22.2. The minimum absolute atomic E-state index is 0.00416. The Labute approximate surface area is 151 Å². The highest BCUT2D eigenvalue weighted by molar-refractivity contribution is 14.1. The van der Waals surface area contributed by atoms with Gasteiger partial charge in [0.15, 0.2) is 5.78 Å². The van der Waals surface area contributed by atoms with Crippen molar-refractivity contribution in [2.75, 3.05) is 63.8 Å². The van der Waals surface area contributed by atoms with Crippen molar-refractivity contribution in [3.8, 4) is 0 Å². The van der Waals surface area contributed by atoms with Gasteiger partial charge in [-0.2, -0.15) is 0 Å². The van der Waals surface area contributed by atoms with Crippen LogP contribution in [0.4, 0.5) is 0 Å². The smallest absolute Gasteiger partial charge is 0.222 e. The lowest BCUT2D eigenvalue weighted by molar-refractivity contribution is -0.124. The average molecular weight is 445 g/mol. The van der Waals surface area contributed by atoms with Crippen molar-refractivity contribution < 1.29 is 28.5 Å². The molecule has 0 saturated heterocycles. The highest BCUT2D eigenvalue weighted by Gasteiger charge is 2.04. The Hall–Kier alpha value is -0.290. The van der Waals surface area contributed by atoms with Gasteiger partial charge in [0.2, 0.25) is 5.91 Å². The van der Waals surface area contributed by atoms with Crippen LogP contribution in [-0.4, -0.2) is 75.5 Å². The van der Waals surface area contributed by atoms with Crippen LogP contribution in [0.2, 0.25) is 0 Å². The maximum atomic E-state index is 11.3. The van der Waals surface area contributed by atoms with Gasteiger partial charge >= 0.3 is 0 Å². The van der Waals surface area contributed by atoms with Crippen LogP contribution in [0.3, 0.4) is 0 Å². The fourth-order valence-electron chi connectivity index (χ4n) is 1.33. The summed E-state index contributed by atoms with van der Waals surface area (Å²) in [6, 6.07) is 0. The lowest BCUT2D eigenvalue weighted by Crippen LogP contribution is -2.31. The van der Waals surface area contributed by atoms with Crippen LogP contribution in [-0.2, 0) is 28.5 Å². The monoisotopic (exact) mass is 445 g/mol. The Morgan fingerprint density at radius 1 is 0.870 bits per heavy atom. The fourth-order valence-corrected chi connectivity index (χ4v) is 1.56. The maximum absolute atomic E-state index is 11.3. The number of rotatable bonds is 16. The first-order valence-electron chi connectivity index (χ1n) is 7.74. The van der Waals surface area contributed by atoms with Crippen LogP contribution in [0, 0.1) is 5.92 Å². The van der Waals surface area contributed by atoms with E-state index in [2.05, 4.69) is 5.32 Å². The number of ketones is 1. The molecule has 8 heteroatoms. The van der Waals surface area contributed by atoms with Crippen molar-refractivity contribution in [3.63, 3.8) is 0 Å². The minimum Gasteiger partial charge on any atom is -0.377 e. The first-order chi connectivity index (χ1) is 11.1. The number of carbonyl (C=O) groups is 2. The number of carbonyl (C=O) groups excluding carboxylic acids is 2. The molecule has 1 N–H and O–H groups in total. The van der Waals surface area contributed by atoms with Crippen molar-refractivity contribution in [1.82, 2.24) is 5.32 Å². The van der Waals surface area contributed by atoms with Crippen LogP contribution in [0.15, 0.2) is 0 Å². The molecule has 1 amide bonds. The van der Waals surface area contributed by atoms with E-state index >= 15 is 0 Å². The van der Waals surface area contributed by atoms with Gasteiger partial charge in [0.05, 0.1) is 50.7 Å². The Morgan fingerprint density at radius 3 is 1.83 bits per heavy atom. The second-order valence-corrected chi connectivity index (χ2v) is 5.77. The number of halogens is 1. The van der Waals surface area contributed by atoms with Crippen molar-refractivity contribution in [2.24, 2.45) is 5.92 Å². The zero-order chi connectivity index (χ0) is 17.3. The van der Waals surface area contributed by atoms with E-state index in [1.807, 2.05) is 36.4 Å². The first-order valence-corrected chi connectivity index (χ1v) is 9.26. The molecule has 0 rings (SSSR count). The number of hydrogen-bond donors (Lipinski definition) is 1. The molecule has 7 nitrogen and oxygen atoms in total.